The molecule has 0 amide bonds. The van der Waals surface area contributed by atoms with Crippen molar-refractivity contribution in [1.82, 2.24) is 14.3 Å². The standard InChI is InChI=1S/C15H31N3O2S/c1-4-12(2)13(3)17-21(19,20)18-10-6-5-7-15(18)11-16-14-8-9-14/h12-17H,4-11H2,1-3H3. The second-order valence-electron chi connectivity index (χ2n) is 6.74. The molecular formula is C15H31N3O2S. The van der Waals surface area contributed by atoms with Crippen molar-refractivity contribution < 1.29 is 8.42 Å². The van der Waals surface area contributed by atoms with Gasteiger partial charge in [-0.05, 0) is 38.5 Å². The molecule has 3 unspecified atom stereocenters. The quantitative estimate of drug-likeness (QED) is 0.718. The van der Waals surface area contributed by atoms with Crippen molar-refractivity contribution in [2.45, 2.75) is 77.4 Å². The highest BCUT2D eigenvalue weighted by Gasteiger charge is 2.34. The first kappa shape index (κ1) is 17.2. The lowest BCUT2D eigenvalue weighted by Gasteiger charge is -2.36. The van der Waals surface area contributed by atoms with Crippen LogP contribution in [0.25, 0.3) is 0 Å². The molecule has 124 valence electrons. The van der Waals surface area contributed by atoms with Gasteiger partial charge in [0.2, 0.25) is 0 Å². The fourth-order valence-electron chi connectivity index (χ4n) is 2.86. The van der Waals surface area contributed by atoms with E-state index in [4.69, 9.17) is 0 Å². The average molecular weight is 317 g/mol. The van der Waals surface area contributed by atoms with Crippen LogP contribution in [0.1, 0.15) is 59.3 Å². The topological polar surface area (TPSA) is 61.4 Å². The summed E-state index contributed by atoms with van der Waals surface area (Å²) in [7, 11) is -3.37. The first-order chi connectivity index (χ1) is 9.94. The number of nitrogens with zero attached hydrogens (tertiary/aromatic N) is 1. The Morgan fingerprint density at radius 2 is 1.90 bits per heavy atom. The van der Waals surface area contributed by atoms with E-state index in [1.807, 2.05) is 6.92 Å². The Balaban J connectivity index is 1.96. The average Bonchev–Trinajstić information content (AvgIpc) is 3.28. The second kappa shape index (κ2) is 7.40. The molecule has 1 aliphatic heterocycles. The van der Waals surface area contributed by atoms with Gasteiger partial charge in [-0.25, -0.2) is 0 Å². The van der Waals surface area contributed by atoms with Gasteiger partial charge in [0.15, 0.2) is 0 Å². The highest BCUT2D eigenvalue weighted by Crippen LogP contribution is 2.23. The summed E-state index contributed by atoms with van der Waals surface area (Å²) in [5.41, 5.74) is 0. The van der Waals surface area contributed by atoms with E-state index in [0.717, 1.165) is 32.2 Å². The minimum Gasteiger partial charge on any atom is -0.312 e. The van der Waals surface area contributed by atoms with Crippen molar-refractivity contribution in [2.24, 2.45) is 5.92 Å². The maximum atomic E-state index is 12.7. The Morgan fingerprint density at radius 1 is 1.19 bits per heavy atom. The molecule has 1 heterocycles. The molecule has 0 aromatic heterocycles. The van der Waals surface area contributed by atoms with E-state index >= 15 is 0 Å². The Morgan fingerprint density at radius 3 is 2.52 bits per heavy atom. The summed E-state index contributed by atoms with van der Waals surface area (Å²) in [4.78, 5) is 0. The van der Waals surface area contributed by atoms with Crippen molar-refractivity contribution >= 4 is 10.2 Å². The zero-order valence-corrected chi connectivity index (χ0v) is 14.5. The fourth-order valence-corrected chi connectivity index (χ4v) is 4.64. The second-order valence-corrected chi connectivity index (χ2v) is 8.39. The van der Waals surface area contributed by atoms with Gasteiger partial charge in [0.05, 0.1) is 0 Å². The van der Waals surface area contributed by atoms with Crippen LogP contribution >= 0.6 is 0 Å². The third-order valence-electron chi connectivity index (χ3n) is 4.93. The predicted molar refractivity (Wildman–Crippen MR) is 86.3 cm³/mol. The van der Waals surface area contributed by atoms with E-state index in [9.17, 15) is 8.42 Å². The van der Waals surface area contributed by atoms with Crippen LogP contribution in [0.2, 0.25) is 0 Å². The summed E-state index contributed by atoms with van der Waals surface area (Å²) in [6.45, 7) is 7.60. The predicted octanol–water partition coefficient (Wildman–Crippen LogP) is 1.86. The van der Waals surface area contributed by atoms with Crippen molar-refractivity contribution in [2.75, 3.05) is 13.1 Å². The third-order valence-corrected chi connectivity index (χ3v) is 6.70. The fraction of sp³-hybridized carbons (Fsp3) is 1.00. The summed E-state index contributed by atoms with van der Waals surface area (Å²) in [6.07, 6.45) is 6.53. The molecule has 0 radical (unpaired) electrons. The van der Waals surface area contributed by atoms with Crippen LogP contribution < -0.4 is 10.0 Å². The lowest BCUT2D eigenvalue weighted by atomic mass is 10.0. The maximum absolute atomic E-state index is 12.7. The van der Waals surface area contributed by atoms with Crippen LogP contribution in [0.15, 0.2) is 0 Å². The van der Waals surface area contributed by atoms with Crippen molar-refractivity contribution in [1.29, 1.82) is 0 Å². The number of rotatable bonds is 8. The summed E-state index contributed by atoms with van der Waals surface area (Å²) < 4.78 is 29.9. The zero-order valence-electron chi connectivity index (χ0n) is 13.6. The Hall–Kier alpha value is -0.170. The van der Waals surface area contributed by atoms with Gasteiger partial charge in [-0.3, -0.25) is 0 Å². The lowest BCUT2D eigenvalue weighted by Crippen LogP contribution is -2.54. The minimum atomic E-state index is -3.37. The molecule has 2 N–H and O–H groups in total. The van der Waals surface area contributed by atoms with E-state index in [0.29, 0.717) is 18.5 Å². The number of piperidine rings is 1. The first-order valence-corrected chi connectivity index (χ1v) is 9.90. The van der Waals surface area contributed by atoms with Gasteiger partial charge < -0.3 is 5.32 Å². The van der Waals surface area contributed by atoms with Crippen LogP contribution in [0.4, 0.5) is 0 Å². The van der Waals surface area contributed by atoms with Crippen LogP contribution in [0.3, 0.4) is 0 Å². The summed E-state index contributed by atoms with van der Waals surface area (Å²) in [6, 6.07) is 0.725. The first-order valence-electron chi connectivity index (χ1n) is 8.46. The van der Waals surface area contributed by atoms with Crippen molar-refractivity contribution in [3.05, 3.63) is 0 Å². The lowest BCUT2D eigenvalue weighted by molar-refractivity contribution is 0.239. The van der Waals surface area contributed by atoms with Crippen LogP contribution in [-0.2, 0) is 10.2 Å². The monoisotopic (exact) mass is 317 g/mol. The third kappa shape index (κ3) is 4.91. The van der Waals surface area contributed by atoms with E-state index < -0.39 is 10.2 Å². The Bertz CT molecular complexity index is 423. The largest absolute Gasteiger partial charge is 0.312 e. The van der Waals surface area contributed by atoms with Gasteiger partial charge in [0.1, 0.15) is 0 Å². The Labute approximate surface area is 130 Å². The molecule has 2 fully saturated rings. The van der Waals surface area contributed by atoms with Gasteiger partial charge in [-0.1, -0.05) is 26.7 Å². The number of hydrogen-bond acceptors (Lipinski definition) is 3. The molecule has 3 atom stereocenters. The normalized spacial score (nSPS) is 27.5. The van der Waals surface area contributed by atoms with Gasteiger partial charge in [-0.2, -0.15) is 17.4 Å². The van der Waals surface area contributed by atoms with Gasteiger partial charge in [-0.15, -0.1) is 0 Å². The van der Waals surface area contributed by atoms with E-state index in [1.165, 1.54) is 12.8 Å². The van der Waals surface area contributed by atoms with E-state index in [1.54, 1.807) is 4.31 Å². The zero-order chi connectivity index (χ0) is 15.5. The number of hydrogen-bond donors (Lipinski definition) is 2. The van der Waals surface area contributed by atoms with E-state index in [2.05, 4.69) is 23.9 Å². The number of nitrogens with one attached hydrogen (secondary N) is 2. The van der Waals surface area contributed by atoms with Gasteiger partial charge in [0.25, 0.3) is 10.2 Å². The molecule has 6 heteroatoms. The molecule has 21 heavy (non-hydrogen) atoms. The molecule has 1 saturated carbocycles. The molecule has 2 aliphatic rings. The maximum Gasteiger partial charge on any atom is 0.279 e. The molecule has 0 aromatic rings. The molecule has 1 aliphatic carbocycles. The van der Waals surface area contributed by atoms with Gasteiger partial charge >= 0.3 is 0 Å². The summed E-state index contributed by atoms with van der Waals surface area (Å²) in [5.74, 6) is 0.354. The van der Waals surface area contributed by atoms with Crippen LogP contribution in [0.5, 0.6) is 0 Å². The summed E-state index contributed by atoms with van der Waals surface area (Å²) in [5, 5.41) is 3.48. The molecule has 2 rings (SSSR count). The molecule has 0 bridgehead atoms. The van der Waals surface area contributed by atoms with Gasteiger partial charge in [0, 0.05) is 31.2 Å². The molecular weight excluding hydrogens is 286 g/mol. The van der Waals surface area contributed by atoms with Crippen LogP contribution in [0, 0.1) is 5.92 Å². The molecule has 0 spiro atoms. The molecule has 5 nitrogen and oxygen atoms in total. The smallest absolute Gasteiger partial charge is 0.279 e. The summed E-state index contributed by atoms with van der Waals surface area (Å²) >= 11 is 0. The highest BCUT2D eigenvalue weighted by atomic mass is 32.2. The molecule has 0 aromatic carbocycles. The highest BCUT2D eigenvalue weighted by molar-refractivity contribution is 7.87. The Kier molecular flexibility index (Phi) is 6.05. The SMILES string of the molecule is CCC(C)C(C)NS(=O)(=O)N1CCCCC1CNC1CC1. The van der Waals surface area contributed by atoms with Crippen molar-refractivity contribution in [3.8, 4) is 0 Å². The van der Waals surface area contributed by atoms with Crippen LogP contribution in [-0.4, -0.2) is 43.9 Å². The minimum absolute atomic E-state index is 0.0148. The van der Waals surface area contributed by atoms with Crippen molar-refractivity contribution in [3.63, 3.8) is 0 Å². The van der Waals surface area contributed by atoms with E-state index in [-0.39, 0.29) is 12.1 Å². The molecule has 1 saturated heterocycles.